The number of nitrogens with zero attached hydrogens (tertiary/aromatic N) is 3. The molecular weight excluding hydrogens is 280 g/mol. The number of carbonyl (C=O) groups excluding carboxylic acids is 1. The Morgan fingerprint density at radius 1 is 1.41 bits per heavy atom. The van der Waals surface area contributed by atoms with Crippen LogP contribution in [0.25, 0.3) is 0 Å². The van der Waals surface area contributed by atoms with Crippen molar-refractivity contribution in [2.75, 3.05) is 39.3 Å². The largest absolute Gasteiger partial charge is 0.490 e. The van der Waals surface area contributed by atoms with Crippen molar-refractivity contribution < 1.29 is 9.53 Å². The quantitative estimate of drug-likeness (QED) is 0.859. The van der Waals surface area contributed by atoms with Gasteiger partial charge in [0.1, 0.15) is 12.4 Å². The molecule has 3 rings (SSSR count). The summed E-state index contributed by atoms with van der Waals surface area (Å²) in [6, 6.07) is 4.37. The van der Waals surface area contributed by atoms with E-state index in [0.29, 0.717) is 12.6 Å². The van der Waals surface area contributed by atoms with E-state index in [1.807, 2.05) is 24.0 Å². The Hall–Kier alpha value is -1.82. The van der Waals surface area contributed by atoms with E-state index < -0.39 is 0 Å². The second kappa shape index (κ2) is 6.96. The zero-order valence-corrected chi connectivity index (χ0v) is 13.1. The maximum absolute atomic E-state index is 11.6. The van der Waals surface area contributed by atoms with E-state index in [0.717, 1.165) is 50.6 Å². The first-order valence-corrected chi connectivity index (χ1v) is 8.05. The number of hydrogen-bond acceptors (Lipinski definition) is 4. The molecule has 1 aromatic rings. The number of rotatable bonds is 6. The standard InChI is InChI=1S/C16H24N4O2/c1-13-15(5-2-6-17-13)22-12-14-4-3-8-19(14)10-11-20-9-7-18-16(20)21/h2,5-6,14H,3-4,7-12H2,1H3,(H,18,21). The Morgan fingerprint density at radius 2 is 2.32 bits per heavy atom. The minimum absolute atomic E-state index is 0.0676. The summed E-state index contributed by atoms with van der Waals surface area (Å²) in [5.74, 6) is 0.869. The van der Waals surface area contributed by atoms with Gasteiger partial charge in [0.05, 0.1) is 5.69 Å². The van der Waals surface area contributed by atoms with E-state index in [9.17, 15) is 4.79 Å². The lowest BCUT2D eigenvalue weighted by Gasteiger charge is -2.26. The molecular formula is C16H24N4O2. The smallest absolute Gasteiger partial charge is 0.317 e. The van der Waals surface area contributed by atoms with Crippen LogP contribution in [-0.4, -0.2) is 66.2 Å². The fourth-order valence-electron chi connectivity index (χ4n) is 3.16. The van der Waals surface area contributed by atoms with Crippen LogP contribution >= 0.6 is 0 Å². The number of aryl methyl sites for hydroxylation is 1. The van der Waals surface area contributed by atoms with Gasteiger partial charge in [-0.1, -0.05) is 0 Å². The van der Waals surface area contributed by atoms with Gasteiger partial charge in [-0.2, -0.15) is 0 Å². The number of nitrogens with one attached hydrogen (secondary N) is 1. The molecule has 2 fully saturated rings. The zero-order chi connectivity index (χ0) is 15.4. The number of ether oxygens (including phenoxy) is 1. The summed E-state index contributed by atoms with van der Waals surface area (Å²) in [6.07, 6.45) is 4.14. The second-order valence-corrected chi connectivity index (χ2v) is 5.95. The Bertz CT molecular complexity index is 523. The minimum atomic E-state index is 0.0676. The highest BCUT2D eigenvalue weighted by Gasteiger charge is 2.27. The molecule has 0 saturated carbocycles. The molecule has 1 unspecified atom stereocenters. The van der Waals surface area contributed by atoms with E-state index in [1.165, 1.54) is 6.42 Å². The van der Waals surface area contributed by atoms with E-state index in [4.69, 9.17) is 4.74 Å². The molecule has 120 valence electrons. The van der Waals surface area contributed by atoms with Gasteiger partial charge in [-0.15, -0.1) is 0 Å². The first-order chi connectivity index (χ1) is 10.7. The third-order valence-electron chi connectivity index (χ3n) is 4.49. The summed E-state index contributed by atoms with van der Waals surface area (Å²) < 4.78 is 5.95. The lowest BCUT2D eigenvalue weighted by Crippen LogP contribution is -2.41. The first kappa shape index (κ1) is 15.1. The Morgan fingerprint density at radius 3 is 3.09 bits per heavy atom. The topological polar surface area (TPSA) is 57.7 Å². The van der Waals surface area contributed by atoms with Gasteiger partial charge in [0.15, 0.2) is 0 Å². The average molecular weight is 304 g/mol. The first-order valence-electron chi connectivity index (χ1n) is 8.05. The fraction of sp³-hybridized carbons (Fsp3) is 0.625. The van der Waals surface area contributed by atoms with Gasteiger partial charge >= 0.3 is 6.03 Å². The molecule has 0 bridgehead atoms. The number of urea groups is 1. The van der Waals surface area contributed by atoms with Gasteiger partial charge in [0, 0.05) is 38.4 Å². The van der Waals surface area contributed by atoms with Crippen molar-refractivity contribution in [3.05, 3.63) is 24.0 Å². The monoisotopic (exact) mass is 304 g/mol. The maximum Gasteiger partial charge on any atom is 0.317 e. The highest BCUT2D eigenvalue weighted by molar-refractivity contribution is 5.76. The summed E-state index contributed by atoms with van der Waals surface area (Å²) in [6.45, 7) is 7.07. The SMILES string of the molecule is Cc1ncccc1OCC1CCCN1CCN1CCNC1=O. The molecule has 3 heterocycles. The fourth-order valence-corrected chi connectivity index (χ4v) is 3.16. The van der Waals surface area contributed by atoms with Gasteiger partial charge in [0.25, 0.3) is 0 Å². The second-order valence-electron chi connectivity index (χ2n) is 5.95. The van der Waals surface area contributed by atoms with Crippen molar-refractivity contribution in [1.82, 2.24) is 20.1 Å². The molecule has 2 aliphatic rings. The van der Waals surface area contributed by atoms with Crippen LogP contribution in [0.5, 0.6) is 5.75 Å². The van der Waals surface area contributed by atoms with Crippen LogP contribution in [0, 0.1) is 6.92 Å². The van der Waals surface area contributed by atoms with Gasteiger partial charge in [-0.25, -0.2) is 4.79 Å². The van der Waals surface area contributed by atoms with Crippen LogP contribution in [-0.2, 0) is 0 Å². The van der Waals surface area contributed by atoms with Crippen LogP contribution in [0.2, 0.25) is 0 Å². The van der Waals surface area contributed by atoms with Crippen molar-refractivity contribution in [3.8, 4) is 5.75 Å². The van der Waals surface area contributed by atoms with Crippen LogP contribution in [0.15, 0.2) is 18.3 Å². The van der Waals surface area contributed by atoms with Crippen molar-refractivity contribution in [3.63, 3.8) is 0 Å². The number of aromatic nitrogens is 1. The van der Waals surface area contributed by atoms with E-state index in [2.05, 4.69) is 15.2 Å². The van der Waals surface area contributed by atoms with Crippen LogP contribution < -0.4 is 10.1 Å². The minimum Gasteiger partial charge on any atom is -0.490 e. The molecule has 0 radical (unpaired) electrons. The summed E-state index contributed by atoms with van der Waals surface area (Å²) in [5, 5.41) is 2.85. The normalized spacial score (nSPS) is 22.1. The number of pyridine rings is 1. The molecule has 6 nitrogen and oxygen atoms in total. The predicted octanol–water partition coefficient (Wildman–Crippen LogP) is 1.26. The predicted molar refractivity (Wildman–Crippen MR) is 84.0 cm³/mol. The lowest BCUT2D eigenvalue weighted by molar-refractivity contribution is 0.157. The van der Waals surface area contributed by atoms with E-state index >= 15 is 0 Å². The summed E-state index contributed by atoms with van der Waals surface area (Å²) in [5.41, 5.74) is 0.931. The molecule has 22 heavy (non-hydrogen) atoms. The van der Waals surface area contributed by atoms with Crippen molar-refractivity contribution >= 4 is 6.03 Å². The van der Waals surface area contributed by atoms with Crippen molar-refractivity contribution in [2.45, 2.75) is 25.8 Å². The Balaban J connectivity index is 1.48. The van der Waals surface area contributed by atoms with Gasteiger partial charge in [0.2, 0.25) is 0 Å². The number of amides is 2. The third kappa shape index (κ3) is 3.50. The molecule has 6 heteroatoms. The van der Waals surface area contributed by atoms with Gasteiger partial charge < -0.3 is 15.0 Å². The summed E-state index contributed by atoms with van der Waals surface area (Å²) >= 11 is 0. The zero-order valence-electron chi connectivity index (χ0n) is 13.1. The molecule has 1 atom stereocenters. The highest BCUT2D eigenvalue weighted by atomic mass is 16.5. The number of hydrogen-bond donors (Lipinski definition) is 1. The highest BCUT2D eigenvalue weighted by Crippen LogP contribution is 2.20. The lowest BCUT2D eigenvalue weighted by atomic mass is 10.2. The molecule has 2 saturated heterocycles. The Kier molecular flexibility index (Phi) is 4.77. The Labute approximate surface area is 131 Å². The van der Waals surface area contributed by atoms with Crippen LogP contribution in [0.1, 0.15) is 18.5 Å². The van der Waals surface area contributed by atoms with Crippen molar-refractivity contribution in [2.24, 2.45) is 0 Å². The van der Waals surface area contributed by atoms with Gasteiger partial charge in [-0.05, 0) is 38.4 Å². The average Bonchev–Trinajstić information content (AvgIpc) is 3.13. The molecule has 2 aliphatic heterocycles. The molecule has 0 spiro atoms. The molecule has 2 amide bonds. The summed E-state index contributed by atoms with van der Waals surface area (Å²) in [7, 11) is 0. The van der Waals surface area contributed by atoms with Crippen molar-refractivity contribution in [1.29, 1.82) is 0 Å². The maximum atomic E-state index is 11.6. The third-order valence-corrected chi connectivity index (χ3v) is 4.49. The molecule has 1 aromatic heterocycles. The van der Waals surface area contributed by atoms with Crippen LogP contribution in [0.4, 0.5) is 4.79 Å². The van der Waals surface area contributed by atoms with Gasteiger partial charge in [-0.3, -0.25) is 9.88 Å². The van der Waals surface area contributed by atoms with E-state index in [1.54, 1.807) is 6.20 Å². The van der Waals surface area contributed by atoms with E-state index in [-0.39, 0.29) is 6.03 Å². The van der Waals surface area contributed by atoms with Crippen LogP contribution in [0.3, 0.4) is 0 Å². The number of carbonyl (C=O) groups is 1. The molecule has 0 aliphatic carbocycles. The molecule has 1 N–H and O–H groups in total. The number of likely N-dealkylation sites (tertiary alicyclic amines) is 1. The summed E-state index contributed by atoms with van der Waals surface area (Å²) in [4.78, 5) is 20.2. The molecule has 0 aromatic carbocycles.